The molecular formula is C22H28N4O3. The van der Waals surface area contributed by atoms with Crippen molar-refractivity contribution < 1.29 is 14.1 Å². The average molecular weight is 396 g/mol. The maximum Gasteiger partial charge on any atom is 0.253 e. The lowest BCUT2D eigenvalue weighted by Gasteiger charge is -2.33. The second-order valence-corrected chi connectivity index (χ2v) is 8.56. The van der Waals surface area contributed by atoms with Crippen LogP contribution >= 0.6 is 0 Å². The van der Waals surface area contributed by atoms with E-state index in [9.17, 15) is 4.79 Å². The second kappa shape index (κ2) is 7.88. The first-order chi connectivity index (χ1) is 14.2. The molecule has 1 aromatic heterocycles. The number of carbonyl (C=O) groups is 1. The van der Waals surface area contributed by atoms with Crippen LogP contribution in [-0.2, 0) is 4.74 Å². The smallest absolute Gasteiger partial charge is 0.253 e. The molecule has 5 rings (SSSR count). The van der Waals surface area contributed by atoms with Crippen molar-refractivity contribution in [1.29, 1.82) is 0 Å². The van der Waals surface area contributed by atoms with Gasteiger partial charge >= 0.3 is 0 Å². The van der Waals surface area contributed by atoms with E-state index >= 15 is 0 Å². The Balaban J connectivity index is 1.25. The zero-order valence-corrected chi connectivity index (χ0v) is 16.9. The minimum absolute atomic E-state index is 0.0742. The minimum atomic E-state index is -0.115. The molecule has 0 bridgehead atoms. The lowest BCUT2D eigenvalue weighted by molar-refractivity contribution is -0.0548. The Hall–Kier alpha value is -2.25. The highest BCUT2D eigenvalue weighted by atomic mass is 16.5. The van der Waals surface area contributed by atoms with Crippen LogP contribution in [0.1, 0.15) is 65.3 Å². The van der Waals surface area contributed by atoms with Gasteiger partial charge in [-0.3, -0.25) is 9.69 Å². The van der Waals surface area contributed by atoms with Crippen LogP contribution in [0.5, 0.6) is 0 Å². The Labute approximate surface area is 171 Å². The molecule has 0 spiro atoms. The summed E-state index contributed by atoms with van der Waals surface area (Å²) in [5, 5.41) is 4.23. The lowest BCUT2D eigenvalue weighted by Crippen LogP contribution is -2.42. The number of rotatable bonds is 3. The number of aryl methyl sites for hydroxylation is 1. The van der Waals surface area contributed by atoms with Gasteiger partial charge in [0, 0.05) is 31.2 Å². The molecule has 3 aliphatic rings. The van der Waals surface area contributed by atoms with Crippen molar-refractivity contribution in [2.45, 2.75) is 50.7 Å². The van der Waals surface area contributed by atoms with Gasteiger partial charge in [0.25, 0.3) is 5.91 Å². The van der Waals surface area contributed by atoms with Gasteiger partial charge in [0.15, 0.2) is 0 Å². The van der Waals surface area contributed by atoms with Gasteiger partial charge in [-0.1, -0.05) is 22.9 Å². The molecule has 0 aliphatic carbocycles. The van der Waals surface area contributed by atoms with E-state index in [-0.39, 0.29) is 17.9 Å². The zero-order valence-electron chi connectivity index (χ0n) is 16.9. The fraction of sp³-hybridized carbons (Fsp3) is 0.591. The van der Waals surface area contributed by atoms with E-state index in [0.717, 1.165) is 50.2 Å². The van der Waals surface area contributed by atoms with Gasteiger partial charge in [0.2, 0.25) is 11.7 Å². The third-order valence-electron chi connectivity index (χ3n) is 6.49. The van der Waals surface area contributed by atoms with Gasteiger partial charge < -0.3 is 14.2 Å². The summed E-state index contributed by atoms with van der Waals surface area (Å²) in [5.74, 6) is 1.44. The second-order valence-electron chi connectivity index (χ2n) is 8.56. The number of hydrogen-bond donors (Lipinski definition) is 0. The molecule has 3 atom stereocenters. The summed E-state index contributed by atoms with van der Waals surface area (Å²) in [7, 11) is 0. The molecule has 0 saturated carbocycles. The summed E-state index contributed by atoms with van der Waals surface area (Å²) in [5.41, 5.74) is 1.89. The van der Waals surface area contributed by atoms with Crippen molar-refractivity contribution in [2.24, 2.45) is 0 Å². The first-order valence-electron chi connectivity index (χ1n) is 10.7. The highest BCUT2D eigenvalue weighted by molar-refractivity contribution is 5.94. The quantitative estimate of drug-likeness (QED) is 0.794. The molecule has 3 aliphatic heterocycles. The highest BCUT2D eigenvalue weighted by Crippen LogP contribution is 2.31. The molecule has 0 N–H and O–H groups in total. The summed E-state index contributed by atoms with van der Waals surface area (Å²) < 4.78 is 11.6. The van der Waals surface area contributed by atoms with Crippen molar-refractivity contribution in [1.82, 2.24) is 19.9 Å². The van der Waals surface area contributed by atoms with Gasteiger partial charge in [-0.25, -0.2) is 0 Å². The predicted molar refractivity (Wildman–Crippen MR) is 107 cm³/mol. The number of morpholine rings is 1. The van der Waals surface area contributed by atoms with E-state index in [1.165, 1.54) is 12.8 Å². The number of piperidine rings is 1. The third-order valence-corrected chi connectivity index (χ3v) is 6.49. The van der Waals surface area contributed by atoms with Gasteiger partial charge in [-0.15, -0.1) is 0 Å². The molecule has 7 heteroatoms. The van der Waals surface area contributed by atoms with Crippen molar-refractivity contribution >= 4 is 5.91 Å². The number of ether oxygens (including phenoxy) is 1. The number of benzene rings is 1. The molecule has 4 heterocycles. The Kier molecular flexibility index (Phi) is 5.09. The average Bonchev–Trinajstić information content (AvgIpc) is 3.43. The summed E-state index contributed by atoms with van der Waals surface area (Å²) in [6.07, 6.45) is 4.24. The molecule has 29 heavy (non-hydrogen) atoms. The fourth-order valence-corrected chi connectivity index (χ4v) is 4.76. The molecule has 7 nitrogen and oxygen atoms in total. The first kappa shape index (κ1) is 18.8. The van der Waals surface area contributed by atoms with Crippen LogP contribution in [0.2, 0.25) is 0 Å². The number of nitrogens with zero attached hydrogens (tertiary/aromatic N) is 4. The Morgan fingerprint density at radius 2 is 1.93 bits per heavy atom. The summed E-state index contributed by atoms with van der Waals surface area (Å²) in [6.45, 7) is 6.13. The van der Waals surface area contributed by atoms with Crippen molar-refractivity contribution in [3.05, 3.63) is 47.1 Å². The normalized spacial score (nSPS) is 27.8. The zero-order chi connectivity index (χ0) is 19.8. The van der Waals surface area contributed by atoms with Gasteiger partial charge in [0.1, 0.15) is 6.10 Å². The maximum absolute atomic E-state index is 12.9. The molecule has 0 radical (unpaired) electrons. The van der Waals surface area contributed by atoms with Crippen LogP contribution in [-0.4, -0.2) is 64.7 Å². The van der Waals surface area contributed by atoms with E-state index in [1.807, 2.05) is 36.1 Å². The molecule has 1 amide bonds. The summed E-state index contributed by atoms with van der Waals surface area (Å²) in [6, 6.07) is 8.32. The lowest BCUT2D eigenvalue weighted by atomic mass is 9.97. The largest absolute Gasteiger partial charge is 0.367 e. The Morgan fingerprint density at radius 3 is 2.79 bits per heavy atom. The number of fused-ring (bicyclic) bond motifs is 1. The van der Waals surface area contributed by atoms with Crippen molar-refractivity contribution in [3.63, 3.8) is 0 Å². The molecular weight excluding hydrogens is 368 g/mol. The van der Waals surface area contributed by atoms with E-state index in [1.54, 1.807) is 0 Å². The minimum Gasteiger partial charge on any atom is -0.367 e. The summed E-state index contributed by atoms with van der Waals surface area (Å²) >= 11 is 0. The molecule has 154 valence electrons. The number of likely N-dealkylation sites (tertiary alicyclic amines) is 1. The number of aromatic nitrogens is 2. The van der Waals surface area contributed by atoms with Crippen LogP contribution < -0.4 is 0 Å². The van der Waals surface area contributed by atoms with Gasteiger partial charge in [-0.2, -0.15) is 4.98 Å². The number of hydrogen-bond acceptors (Lipinski definition) is 6. The third kappa shape index (κ3) is 3.81. The summed E-state index contributed by atoms with van der Waals surface area (Å²) in [4.78, 5) is 22.0. The van der Waals surface area contributed by atoms with E-state index in [2.05, 4.69) is 15.0 Å². The molecule has 3 saturated heterocycles. The standard InChI is InChI=1S/C22H28N4O3/c1-15-6-8-16(9-7-15)22(27)26-11-2-4-17(12-26)21-23-20(24-29-21)19-13-25-10-3-5-18(25)14-28-19/h6-9,17-19H,2-5,10-14H2,1H3. The fourth-order valence-electron chi connectivity index (χ4n) is 4.76. The Morgan fingerprint density at radius 1 is 1.10 bits per heavy atom. The van der Waals surface area contributed by atoms with E-state index in [0.29, 0.717) is 24.3 Å². The van der Waals surface area contributed by atoms with E-state index < -0.39 is 0 Å². The van der Waals surface area contributed by atoms with Crippen LogP contribution in [0, 0.1) is 6.92 Å². The Bertz CT molecular complexity index is 865. The monoisotopic (exact) mass is 396 g/mol. The SMILES string of the molecule is Cc1ccc(C(=O)N2CCCC(c3nc(C4CN5CCCC5CO4)no3)C2)cc1. The van der Waals surface area contributed by atoms with Crippen LogP contribution in [0.4, 0.5) is 0 Å². The topological polar surface area (TPSA) is 71.7 Å². The maximum atomic E-state index is 12.9. The van der Waals surface area contributed by atoms with Crippen molar-refractivity contribution in [3.8, 4) is 0 Å². The molecule has 3 unspecified atom stereocenters. The van der Waals surface area contributed by atoms with Gasteiger partial charge in [-0.05, 0) is 51.3 Å². The number of amides is 1. The number of carbonyl (C=O) groups excluding carboxylic acids is 1. The molecule has 3 fully saturated rings. The first-order valence-corrected chi connectivity index (χ1v) is 10.7. The molecule has 2 aromatic rings. The van der Waals surface area contributed by atoms with Crippen LogP contribution in [0.15, 0.2) is 28.8 Å². The molecule has 1 aromatic carbocycles. The highest BCUT2D eigenvalue weighted by Gasteiger charge is 2.36. The predicted octanol–water partition coefficient (Wildman–Crippen LogP) is 2.93. The van der Waals surface area contributed by atoms with Crippen molar-refractivity contribution in [2.75, 3.05) is 32.8 Å². The van der Waals surface area contributed by atoms with Gasteiger partial charge in [0.05, 0.1) is 12.5 Å². The van der Waals surface area contributed by atoms with Crippen LogP contribution in [0.3, 0.4) is 0 Å². The van der Waals surface area contributed by atoms with E-state index in [4.69, 9.17) is 9.26 Å². The van der Waals surface area contributed by atoms with Crippen LogP contribution in [0.25, 0.3) is 0 Å².